The quantitative estimate of drug-likeness (QED) is 0.600. The summed E-state index contributed by atoms with van der Waals surface area (Å²) < 4.78 is 30.7. The smallest absolute Gasteiger partial charge is 0.242 e. The first-order chi connectivity index (χ1) is 9.30. The fraction of sp³-hybridized carbons (Fsp3) is 0.538. The minimum absolute atomic E-state index is 0.231. The molecule has 0 saturated carbocycles. The van der Waals surface area contributed by atoms with Crippen LogP contribution in [-0.4, -0.2) is 53.6 Å². The van der Waals surface area contributed by atoms with Gasteiger partial charge in [0.25, 0.3) is 0 Å². The Kier molecular flexibility index (Phi) is 5.79. The highest BCUT2D eigenvalue weighted by Gasteiger charge is 2.19. The highest BCUT2D eigenvalue weighted by molar-refractivity contribution is 7.89. The van der Waals surface area contributed by atoms with Crippen LogP contribution in [0, 0.1) is 0 Å². The van der Waals surface area contributed by atoms with E-state index in [0.29, 0.717) is 31.1 Å². The lowest BCUT2D eigenvalue weighted by molar-refractivity contribution is 0.154. The molecule has 0 radical (unpaired) electrons. The van der Waals surface area contributed by atoms with E-state index in [1.54, 1.807) is 12.1 Å². The van der Waals surface area contributed by atoms with Gasteiger partial charge in [-0.1, -0.05) is 0 Å². The molecule has 6 nitrogen and oxygen atoms in total. The third kappa shape index (κ3) is 3.84. The number of rotatable bonds is 7. The topological polar surface area (TPSA) is 75.9 Å². The van der Waals surface area contributed by atoms with Crippen molar-refractivity contribution >= 4 is 21.4 Å². The van der Waals surface area contributed by atoms with Crippen LogP contribution in [-0.2, 0) is 14.8 Å². The maximum absolute atomic E-state index is 12.1. The molecule has 0 aliphatic carbocycles. The van der Waals surface area contributed by atoms with Crippen LogP contribution < -0.4 is 10.6 Å². The summed E-state index contributed by atoms with van der Waals surface area (Å²) in [5.41, 5.74) is 7.15. The summed E-state index contributed by atoms with van der Waals surface area (Å²) in [5.74, 6) is 0. The van der Waals surface area contributed by atoms with E-state index >= 15 is 0 Å². The number of hydrogen-bond donors (Lipinski definition) is 1. The molecule has 114 valence electrons. The number of nitrogens with two attached hydrogens (primary N) is 1. The molecule has 0 aliphatic rings. The minimum atomic E-state index is -3.45. The molecule has 0 bridgehead atoms. The van der Waals surface area contributed by atoms with Gasteiger partial charge in [0, 0.05) is 34.3 Å². The van der Waals surface area contributed by atoms with Gasteiger partial charge >= 0.3 is 0 Å². The van der Waals surface area contributed by atoms with E-state index in [1.165, 1.54) is 24.5 Å². The second-order valence-electron chi connectivity index (χ2n) is 4.63. The SMILES string of the molecule is CCOCCN(C)c1cc(S(=O)(=O)N(C)C)ccc1N. The minimum Gasteiger partial charge on any atom is -0.397 e. The number of hydrogen-bond acceptors (Lipinski definition) is 5. The summed E-state index contributed by atoms with van der Waals surface area (Å²) in [5, 5.41) is 0. The van der Waals surface area contributed by atoms with Gasteiger partial charge in [0.05, 0.1) is 22.9 Å². The van der Waals surface area contributed by atoms with Crippen LogP contribution in [0.1, 0.15) is 6.92 Å². The van der Waals surface area contributed by atoms with Gasteiger partial charge in [-0.25, -0.2) is 12.7 Å². The van der Waals surface area contributed by atoms with Crippen LogP contribution in [0.15, 0.2) is 23.1 Å². The van der Waals surface area contributed by atoms with Gasteiger partial charge in [-0.05, 0) is 25.1 Å². The Labute approximate surface area is 121 Å². The predicted octanol–water partition coefficient (Wildman–Crippen LogP) is 0.992. The number of nitrogens with zero attached hydrogens (tertiary/aromatic N) is 2. The standard InChI is InChI=1S/C13H23N3O3S/c1-5-19-9-8-16(4)13-10-11(6-7-12(13)14)20(17,18)15(2)3/h6-7,10H,5,8-9,14H2,1-4H3. The van der Waals surface area contributed by atoms with Gasteiger partial charge in [-0.2, -0.15) is 0 Å². The molecule has 7 heteroatoms. The zero-order chi connectivity index (χ0) is 15.3. The highest BCUT2D eigenvalue weighted by Crippen LogP contribution is 2.26. The average molecular weight is 301 g/mol. The van der Waals surface area contributed by atoms with Crippen molar-refractivity contribution < 1.29 is 13.2 Å². The van der Waals surface area contributed by atoms with Crippen LogP contribution in [0.4, 0.5) is 11.4 Å². The van der Waals surface area contributed by atoms with Crippen molar-refractivity contribution in [1.82, 2.24) is 4.31 Å². The van der Waals surface area contributed by atoms with E-state index < -0.39 is 10.0 Å². The summed E-state index contributed by atoms with van der Waals surface area (Å²) in [6.07, 6.45) is 0. The lowest BCUT2D eigenvalue weighted by atomic mass is 10.2. The zero-order valence-electron chi connectivity index (χ0n) is 12.5. The molecule has 0 amide bonds. The molecule has 0 fully saturated rings. The third-order valence-electron chi connectivity index (χ3n) is 2.97. The molecule has 2 N–H and O–H groups in total. The molecule has 0 spiro atoms. The first-order valence-corrected chi connectivity index (χ1v) is 7.85. The van der Waals surface area contributed by atoms with Crippen molar-refractivity contribution in [2.45, 2.75) is 11.8 Å². The maximum Gasteiger partial charge on any atom is 0.242 e. The number of anilines is 2. The van der Waals surface area contributed by atoms with E-state index in [9.17, 15) is 8.42 Å². The van der Waals surface area contributed by atoms with Crippen LogP contribution in [0.5, 0.6) is 0 Å². The maximum atomic E-state index is 12.1. The monoisotopic (exact) mass is 301 g/mol. The number of likely N-dealkylation sites (N-methyl/N-ethyl adjacent to an activating group) is 1. The second-order valence-corrected chi connectivity index (χ2v) is 6.78. The van der Waals surface area contributed by atoms with Crippen LogP contribution >= 0.6 is 0 Å². The molecule has 0 saturated heterocycles. The lowest BCUT2D eigenvalue weighted by Crippen LogP contribution is -2.25. The Hall–Kier alpha value is -1.31. The summed E-state index contributed by atoms with van der Waals surface area (Å²) in [6.45, 7) is 3.79. The van der Waals surface area contributed by atoms with Gasteiger partial charge in [0.2, 0.25) is 10.0 Å². The largest absolute Gasteiger partial charge is 0.397 e. The Balaban J connectivity index is 3.03. The van der Waals surface area contributed by atoms with E-state index in [4.69, 9.17) is 10.5 Å². The van der Waals surface area contributed by atoms with Crippen LogP contribution in [0.25, 0.3) is 0 Å². The van der Waals surface area contributed by atoms with Crippen molar-refractivity contribution in [2.24, 2.45) is 0 Å². The number of benzene rings is 1. The van der Waals surface area contributed by atoms with Crippen molar-refractivity contribution in [3.8, 4) is 0 Å². The molecular weight excluding hydrogens is 278 g/mol. The number of nitrogen functional groups attached to an aromatic ring is 1. The molecule has 0 aromatic heterocycles. The molecule has 1 aromatic carbocycles. The molecule has 0 atom stereocenters. The molecule has 20 heavy (non-hydrogen) atoms. The van der Waals surface area contributed by atoms with Crippen LogP contribution in [0.3, 0.4) is 0 Å². The first-order valence-electron chi connectivity index (χ1n) is 6.41. The summed E-state index contributed by atoms with van der Waals surface area (Å²) in [4.78, 5) is 2.12. The molecule has 0 aliphatic heterocycles. The van der Waals surface area contributed by atoms with Crippen molar-refractivity contribution in [3.63, 3.8) is 0 Å². The number of sulfonamides is 1. The van der Waals surface area contributed by atoms with Gasteiger partial charge in [-0.15, -0.1) is 0 Å². The van der Waals surface area contributed by atoms with E-state index in [2.05, 4.69) is 0 Å². The van der Waals surface area contributed by atoms with Crippen molar-refractivity contribution in [1.29, 1.82) is 0 Å². The average Bonchev–Trinajstić information content (AvgIpc) is 2.38. The van der Waals surface area contributed by atoms with E-state index in [0.717, 1.165) is 0 Å². The summed E-state index contributed by atoms with van der Waals surface area (Å²) >= 11 is 0. The van der Waals surface area contributed by atoms with Gasteiger partial charge in [0.15, 0.2) is 0 Å². The fourth-order valence-electron chi connectivity index (χ4n) is 1.69. The fourth-order valence-corrected chi connectivity index (χ4v) is 2.61. The molecule has 0 unspecified atom stereocenters. The molecule has 1 aromatic rings. The zero-order valence-corrected chi connectivity index (χ0v) is 13.3. The Bertz CT molecular complexity index is 544. The van der Waals surface area contributed by atoms with Gasteiger partial charge in [-0.3, -0.25) is 0 Å². The normalized spacial score (nSPS) is 11.8. The number of ether oxygens (including phenoxy) is 1. The second kappa shape index (κ2) is 6.92. The van der Waals surface area contributed by atoms with E-state index in [-0.39, 0.29) is 4.90 Å². The third-order valence-corrected chi connectivity index (χ3v) is 4.78. The predicted molar refractivity (Wildman–Crippen MR) is 81.5 cm³/mol. The summed E-state index contributed by atoms with van der Waals surface area (Å²) in [6, 6.07) is 4.73. The van der Waals surface area contributed by atoms with Crippen LogP contribution in [0.2, 0.25) is 0 Å². The van der Waals surface area contributed by atoms with Crippen molar-refractivity contribution in [2.75, 3.05) is 51.5 Å². The van der Waals surface area contributed by atoms with Crippen molar-refractivity contribution in [3.05, 3.63) is 18.2 Å². The lowest BCUT2D eigenvalue weighted by Gasteiger charge is -2.22. The Morgan fingerprint density at radius 3 is 2.45 bits per heavy atom. The van der Waals surface area contributed by atoms with Gasteiger partial charge < -0.3 is 15.4 Å². The first kappa shape index (κ1) is 16.7. The molecule has 0 heterocycles. The highest BCUT2D eigenvalue weighted by atomic mass is 32.2. The van der Waals surface area contributed by atoms with E-state index in [1.807, 2.05) is 18.9 Å². The Morgan fingerprint density at radius 2 is 1.90 bits per heavy atom. The molecular formula is C13H23N3O3S. The van der Waals surface area contributed by atoms with Gasteiger partial charge in [0.1, 0.15) is 0 Å². The Morgan fingerprint density at radius 1 is 1.25 bits per heavy atom. The summed E-state index contributed by atoms with van der Waals surface area (Å²) in [7, 11) is 1.41. The molecule has 1 rings (SSSR count).